The van der Waals surface area contributed by atoms with E-state index in [1.807, 2.05) is 18.2 Å². The van der Waals surface area contributed by atoms with E-state index in [1.165, 1.54) is 0 Å². The predicted molar refractivity (Wildman–Crippen MR) is 117 cm³/mol. The number of aromatic nitrogens is 1. The van der Waals surface area contributed by atoms with Gasteiger partial charge in [-0.1, -0.05) is 17.3 Å². The zero-order chi connectivity index (χ0) is 21.5. The molecule has 0 unspecified atom stereocenters. The Bertz CT molecular complexity index is 826. The first-order valence-electron chi connectivity index (χ1n) is 11.2. The molecule has 1 aromatic heterocycles. The van der Waals surface area contributed by atoms with E-state index in [4.69, 9.17) is 14.3 Å². The van der Waals surface area contributed by atoms with Crippen molar-refractivity contribution < 1.29 is 13.7 Å². The minimum absolute atomic E-state index is 0.110. The van der Waals surface area contributed by atoms with Crippen LogP contribution in [-0.4, -0.2) is 73.4 Å². The number of aliphatic imine (C=N–C) groups is 1. The Morgan fingerprint density at radius 3 is 2.52 bits per heavy atom. The summed E-state index contributed by atoms with van der Waals surface area (Å²) in [5.74, 6) is 0.753. The molecule has 168 valence electrons. The van der Waals surface area contributed by atoms with Gasteiger partial charge < -0.3 is 19.5 Å². The van der Waals surface area contributed by atoms with Gasteiger partial charge in [0.1, 0.15) is 12.1 Å². The zero-order valence-corrected chi connectivity index (χ0v) is 18.2. The lowest BCUT2D eigenvalue weighted by Crippen LogP contribution is -2.52. The highest BCUT2D eigenvalue weighted by Crippen LogP contribution is 2.35. The van der Waals surface area contributed by atoms with Crippen LogP contribution in [0, 0.1) is 5.82 Å². The number of hydrogen-bond acceptors (Lipinski definition) is 5. The third-order valence-corrected chi connectivity index (χ3v) is 6.32. The van der Waals surface area contributed by atoms with Crippen molar-refractivity contribution in [1.29, 1.82) is 0 Å². The second-order valence-corrected chi connectivity index (χ2v) is 8.32. The predicted octanol–water partition coefficient (Wildman–Crippen LogP) is 2.65. The molecule has 7 nitrogen and oxygen atoms in total. The zero-order valence-electron chi connectivity index (χ0n) is 18.2. The van der Waals surface area contributed by atoms with Crippen molar-refractivity contribution in [2.24, 2.45) is 4.99 Å². The monoisotopic (exact) mass is 429 g/mol. The Kier molecular flexibility index (Phi) is 7.19. The highest BCUT2D eigenvalue weighted by Gasteiger charge is 2.35. The average molecular weight is 430 g/mol. The van der Waals surface area contributed by atoms with Gasteiger partial charge in [0.05, 0.1) is 12.2 Å². The second kappa shape index (κ2) is 10.2. The lowest BCUT2D eigenvalue weighted by Gasteiger charge is -2.39. The molecule has 2 fully saturated rings. The number of nitrogens with zero attached hydrogens (tertiary/aromatic N) is 4. The van der Waals surface area contributed by atoms with Gasteiger partial charge in [0, 0.05) is 64.0 Å². The highest BCUT2D eigenvalue weighted by atomic mass is 19.1. The minimum Gasteiger partial charge on any atom is -0.381 e. The molecule has 1 aromatic carbocycles. The van der Waals surface area contributed by atoms with E-state index < -0.39 is 0 Å². The molecule has 2 saturated heterocycles. The van der Waals surface area contributed by atoms with E-state index in [0.717, 1.165) is 69.3 Å². The molecular weight excluding hydrogens is 397 g/mol. The maximum absolute atomic E-state index is 13.5. The van der Waals surface area contributed by atoms with Crippen LogP contribution in [0.5, 0.6) is 0 Å². The van der Waals surface area contributed by atoms with Gasteiger partial charge in [-0.05, 0) is 37.5 Å². The molecule has 3 heterocycles. The lowest BCUT2D eigenvalue weighted by molar-refractivity contribution is 0.0529. The number of halogens is 1. The van der Waals surface area contributed by atoms with Crippen molar-refractivity contribution in [3.63, 3.8) is 0 Å². The molecule has 0 bridgehead atoms. The molecule has 2 aliphatic heterocycles. The number of guanidine groups is 1. The molecule has 0 spiro atoms. The summed E-state index contributed by atoms with van der Waals surface area (Å²) >= 11 is 0. The van der Waals surface area contributed by atoms with Gasteiger partial charge in [-0.15, -0.1) is 0 Å². The topological polar surface area (TPSA) is 66.1 Å². The summed E-state index contributed by atoms with van der Waals surface area (Å²) in [6.07, 6.45) is 3.41. The van der Waals surface area contributed by atoms with Crippen LogP contribution >= 0.6 is 0 Å². The summed E-state index contributed by atoms with van der Waals surface area (Å²) < 4.78 is 24.1. The summed E-state index contributed by atoms with van der Waals surface area (Å²) in [7, 11) is 0. The summed E-state index contributed by atoms with van der Waals surface area (Å²) in [5.41, 5.74) is 2.01. The number of ether oxygens (including phenoxy) is 1. The van der Waals surface area contributed by atoms with Gasteiger partial charge in [0.15, 0.2) is 5.96 Å². The third kappa shape index (κ3) is 5.43. The van der Waals surface area contributed by atoms with E-state index in [9.17, 15) is 4.39 Å². The van der Waals surface area contributed by atoms with E-state index in [0.29, 0.717) is 19.8 Å². The van der Waals surface area contributed by atoms with Crippen LogP contribution in [0.3, 0.4) is 0 Å². The van der Waals surface area contributed by atoms with Crippen LogP contribution in [0.15, 0.2) is 46.1 Å². The van der Waals surface area contributed by atoms with Gasteiger partial charge in [0.25, 0.3) is 0 Å². The van der Waals surface area contributed by atoms with Crippen molar-refractivity contribution in [2.75, 3.05) is 52.5 Å². The van der Waals surface area contributed by atoms with Gasteiger partial charge in [-0.2, -0.15) is 0 Å². The molecule has 4 rings (SSSR count). The highest BCUT2D eigenvalue weighted by molar-refractivity contribution is 5.80. The first kappa shape index (κ1) is 21.8. The molecule has 0 saturated carbocycles. The lowest BCUT2D eigenvalue weighted by atomic mass is 9.74. The van der Waals surface area contributed by atoms with E-state index in [-0.39, 0.29) is 11.2 Å². The molecule has 0 radical (unpaired) electrons. The van der Waals surface area contributed by atoms with Gasteiger partial charge in [0.2, 0.25) is 0 Å². The number of nitrogens with one attached hydrogen (secondary N) is 1. The van der Waals surface area contributed by atoms with Gasteiger partial charge >= 0.3 is 0 Å². The second-order valence-electron chi connectivity index (χ2n) is 8.32. The largest absolute Gasteiger partial charge is 0.381 e. The summed E-state index contributed by atoms with van der Waals surface area (Å²) in [6, 6.07) is 8.84. The van der Waals surface area contributed by atoms with Crippen molar-refractivity contribution in [1.82, 2.24) is 20.3 Å². The quantitative estimate of drug-likeness (QED) is 0.563. The fourth-order valence-corrected chi connectivity index (χ4v) is 4.42. The number of hydrogen-bond donors (Lipinski definition) is 1. The van der Waals surface area contributed by atoms with Crippen LogP contribution < -0.4 is 5.32 Å². The van der Waals surface area contributed by atoms with E-state index in [1.54, 1.807) is 18.4 Å². The fourth-order valence-electron chi connectivity index (χ4n) is 4.42. The fraction of sp³-hybridized carbons (Fsp3) is 0.565. The molecule has 2 aliphatic rings. The first-order valence-corrected chi connectivity index (χ1v) is 11.2. The molecule has 0 atom stereocenters. The smallest absolute Gasteiger partial charge is 0.194 e. The maximum Gasteiger partial charge on any atom is 0.194 e. The van der Waals surface area contributed by atoms with Crippen molar-refractivity contribution in [3.05, 3.63) is 53.7 Å². The van der Waals surface area contributed by atoms with Crippen LogP contribution in [0.4, 0.5) is 4.39 Å². The molecule has 8 heteroatoms. The third-order valence-electron chi connectivity index (χ3n) is 6.32. The SMILES string of the molecule is CCNC(=NCC1(c2ccc(F)cc2)CCOCC1)N1CCN(Cc2ccon2)CC1. The normalized spacial score (nSPS) is 20.1. The number of benzene rings is 1. The van der Waals surface area contributed by atoms with Crippen LogP contribution in [-0.2, 0) is 16.7 Å². The standard InChI is InChI=1S/C23H32FN5O2/c1-2-25-22(29-12-10-28(11-13-29)17-21-7-14-31-27-21)26-18-23(8-15-30-16-9-23)19-3-5-20(24)6-4-19/h3-7,14H,2,8-13,15-18H2,1H3,(H,25,26). The van der Waals surface area contributed by atoms with E-state index in [2.05, 4.69) is 27.2 Å². The maximum atomic E-state index is 13.5. The molecule has 2 aromatic rings. The number of piperazine rings is 1. The van der Waals surface area contributed by atoms with Crippen LogP contribution in [0.1, 0.15) is 31.0 Å². The minimum atomic E-state index is -0.203. The summed E-state index contributed by atoms with van der Waals surface area (Å²) in [5, 5.41) is 7.49. The molecular formula is C23H32FN5O2. The van der Waals surface area contributed by atoms with Crippen LogP contribution in [0.2, 0.25) is 0 Å². The summed E-state index contributed by atoms with van der Waals surface area (Å²) in [4.78, 5) is 9.79. The average Bonchev–Trinajstić information content (AvgIpc) is 3.31. The van der Waals surface area contributed by atoms with E-state index >= 15 is 0 Å². The van der Waals surface area contributed by atoms with Crippen molar-refractivity contribution in [3.8, 4) is 0 Å². The molecule has 0 amide bonds. The Labute approximate surface area is 183 Å². The summed E-state index contributed by atoms with van der Waals surface area (Å²) in [6.45, 7) is 9.56. The van der Waals surface area contributed by atoms with Crippen molar-refractivity contribution in [2.45, 2.75) is 31.7 Å². The molecule has 1 N–H and O–H groups in total. The van der Waals surface area contributed by atoms with Gasteiger partial charge in [-0.3, -0.25) is 9.89 Å². The first-order chi connectivity index (χ1) is 15.2. The Hall–Kier alpha value is -2.45. The molecule has 0 aliphatic carbocycles. The number of rotatable bonds is 6. The van der Waals surface area contributed by atoms with Crippen LogP contribution in [0.25, 0.3) is 0 Å². The Morgan fingerprint density at radius 2 is 1.87 bits per heavy atom. The Morgan fingerprint density at radius 1 is 1.13 bits per heavy atom. The molecule has 31 heavy (non-hydrogen) atoms. The Balaban J connectivity index is 1.44. The van der Waals surface area contributed by atoms with Crippen molar-refractivity contribution >= 4 is 5.96 Å². The van der Waals surface area contributed by atoms with Gasteiger partial charge in [-0.25, -0.2) is 4.39 Å².